The van der Waals surface area contributed by atoms with Crippen LogP contribution in [0.4, 0.5) is 0 Å². The molecule has 4 rings (SSSR count). The summed E-state index contributed by atoms with van der Waals surface area (Å²) < 4.78 is 6.32. The standard InChI is InChI=1S/C24H34N2O4/c1-15-6-8-19-18(14-15)21-20(30-24(19,3)4)9-7-17(22(21)28)23(29)26-11-5-10-25(12-13-26)16(2)27/h7,9,15,18-19,28H,5-6,8,10-14H2,1-4H3/t15-,18-,19-/m1/s1. The summed E-state index contributed by atoms with van der Waals surface area (Å²) in [6.45, 7) is 10.4. The molecule has 0 aromatic heterocycles. The number of phenolic OH excluding ortho intramolecular Hbond substituents is 1. The summed E-state index contributed by atoms with van der Waals surface area (Å²) in [4.78, 5) is 28.5. The number of hydrogen-bond acceptors (Lipinski definition) is 4. The molecule has 3 aliphatic rings. The molecule has 2 aliphatic heterocycles. The van der Waals surface area contributed by atoms with Crippen molar-refractivity contribution in [2.45, 2.75) is 64.9 Å². The molecule has 6 nitrogen and oxygen atoms in total. The van der Waals surface area contributed by atoms with Gasteiger partial charge in [0.2, 0.25) is 5.91 Å². The number of fused-ring (bicyclic) bond motifs is 3. The molecular weight excluding hydrogens is 380 g/mol. The maximum Gasteiger partial charge on any atom is 0.257 e. The van der Waals surface area contributed by atoms with Crippen molar-refractivity contribution < 1.29 is 19.4 Å². The first-order chi connectivity index (χ1) is 14.2. The van der Waals surface area contributed by atoms with E-state index in [9.17, 15) is 14.7 Å². The lowest BCUT2D eigenvalue weighted by molar-refractivity contribution is -0.128. The molecule has 2 heterocycles. The molecule has 1 aromatic rings. The van der Waals surface area contributed by atoms with Crippen LogP contribution in [0.2, 0.25) is 0 Å². The number of amides is 2. The number of carbonyl (C=O) groups is 2. The highest BCUT2D eigenvalue weighted by atomic mass is 16.5. The van der Waals surface area contributed by atoms with Gasteiger partial charge in [-0.2, -0.15) is 0 Å². The Hall–Kier alpha value is -2.24. The molecule has 30 heavy (non-hydrogen) atoms. The molecule has 1 saturated heterocycles. The van der Waals surface area contributed by atoms with Gasteiger partial charge in [0.25, 0.3) is 5.91 Å². The highest BCUT2D eigenvalue weighted by Gasteiger charge is 2.47. The Bertz CT molecular complexity index is 850. The van der Waals surface area contributed by atoms with Gasteiger partial charge in [0.15, 0.2) is 0 Å². The van der Waals surface area contributed by atoms with Gasteiger partial charge in [0.05, 0.1) is 5.56 Å². The quantitative estimate of drug-likeness (QED) is 0.759. The summed E-state index contributed by atoms with van der Waals surface area (Å²) in [6, 6.07) is 3.56. The SMILES string of the molecule is CC(=O)N1CCCN(C(=O)c2ccc3c(c2O)[C@@H]2C[C@H](C)CC[C@H]2C(C)(C)O3)CC1. The van der Waals surface area contributed by atoms with Crippen molar-refractivity contribution in [3.8, 4) is 11.5 Å². The number of carbonyl (C=O) groups excluding carboxylic acids is 2. The number of rotatable bonds is 1. The van der Waals surface area contributed by atoms with Gasteiger partial charge < -0.3 is 19.6 Å². The number of hydrogen-bond donors (Lipinski definition) is 1. The monoisotopic (exact) mass is 414 g/mol. The lowest BCUT2D eigenvalue weighted by atomic mass is 9.64. The molecule has 1 aliphatic carbocycles. The molecule has 1 N–H and O–H groups in total. The van der Waals surface area contributed by atoms with Gasteiger partial charge in [-0.05, 0) is 57.1 Å². The van der Waals surface area contributed by atoms with Gasteiger partial charge in [-0.15, -0.1) is 0 Å². The molecule has 0 spiro atoms. The smallest absolute Gasteiger partial charge is 0.257 e. The average Bonchev–Trinajstić information content (AvgIpc) is 2.93. The molecule has 0 bridgehead atoms. The Kier molecular flexibility index (Phi) is 5.45. The molecule has 164 valence electrons. The van der Waals surface area contributed by atoms with E-state index in [-0.39, 0.29) is 29.1 Å². The van der Waals surface area contributed by atoms with Crippen LogP contribution in [-0.2, 0) is 4.79 Å². The number of ether oxygens (including phenoxy) is 1. The fourth-order valence-electron chi connectivity index (χ4n) is 5.71. The van der Waals surface area contributed by atoms with Crippen LogP contribution in [0.3, 0.4) is 0 Å². The predicted octanol–water partition coefficient (Wildman–Crippen LogP) is 3.78. The van der Waals surface area contributed by atoms with Crippen molar-refractivity contribution in [3.63, 3.8) is 0 Å². The van der Waals surface area contributed by atoms with Crippen molar-refractivity contribution >= 4 is 11.8 Å². The fraction of sp³-hybridized carbons (Fsp3) is 0.667. The van der Waals surface area contributed by atoms with E-state index >= 15 is 0 Å². The maximum absolute atomic E-state index is 13.3. The molecule has 0 unspecified atom stereocenters. The van der Waals surface area contributed by atoms with E-state index in [1.807, 2.05) is 6.07 Å². The van der Waals surface area contributed by atoms with Crippen molar-refractivity contribution in [1.82, 2.24) is 9.80 Å². The molecule has 6 heteroatoms. The summed E-state index contributed by atoms with van der Waals surface area (Å²) in [5, 5.41) is 11.2. The molecule has 1 aromatic carbocycles. The largest absolute Gasteiger partial charge is 0.507 e. The van der Waals surface area contributed by atoms with Crippen LogP contribution >= 0.6 is 0 Å². The normalized spacial score (nSPS) is 28.1. The highest BCUT2D eigenvalue weighted by molar-refractivity contribution is 5.97. The van der Waals surface area contributed by atoms with Crippen LogP contribution in [0.25, 0.3) is 0 Å². The Morgan fingerprint density at radius 2 is 1.80 bits per heavy atom. The van der Waals surface area contributed by atoms with Crippen LogP contribution in [0.5, 0.6) is 11.5 Å². The Balaban J connectivity index is 1.65. The van der Waals surface area contributed by atoms with Gasteiger partial charge in [0.1, 0.15) is 17.1 Å². The number of nitrogens with zero attached hydrogens (tertiary/aromatic N) is 2. The zero-order valence-corrected chi connectivity index (χ0v) is 18.6. The molecular formula is C24H34N2O4. The van der Waals surface area contributed by atoms with Gasteiger partial charge in [-0.1, -0.05) is 13.3 Å². The van der Waals surface area contributed by atoms with Gasteiger partial charge in [-0.3, -0.25) is 9.59 Å². The Labute approximate surface area is 179 Å². The van der Waals surface area contributed by atoms with E-state index in [0.717, 1.165) is 24.8 Å². The summed E-state index contributed by atoms with van der Waals surface area (Å²) in [5.41, 5.74) is 0.888. The van der Waals surface area contributed by atoms with E-state index in [0.29, 0.717) is 49.3 Å². The van der Waals surface area contributed by atoms with Crippen molar-refractivity contribution in [2.24, 2.45) is 11.8 Å². The Morgan fingerprint density at radius 1 is 1.10 bits per heavy atom. The first-order valence-corrected chi connectivity index (χ1v) is 11.3. The number of aromatic hydroxyl groups is 1. The van der Waals surface area contributed by atoms with E-state index in [1.54, 1.807) is 22.8 Å². The summed E-state index contributed by atoms with van der Waals surface area (Å²) in [5.74, 6) is 1.81. The number of benzene rings is 1. The topological polar surface area (TPSA) is 70.1 Å². The Morgan fingerprint density at radius 3 is 2.53 bits per heavy atom. The van der Waals surface area contributed by atoms with Gasteiger partial charge in [0, 0.05) is 44.6 Å². The third-order valence-electron chi connectivity index (χ3n) is 7.39. The minimum absolute atomic E-state index is 0.0400. The zero-order valence-electron chi connectivity index (χ0n) is 18.6. The second-order valence-corrected chi connectivity index (χ2v) is 9.86. The van der Waals surface area contributed by atoms with Crippen molar-refractivity contribution in [3.05, 3.63) is 23.3 Å². The van der Waals surface area contributed by atoms with Gasteiger partial charge in [-0.25, -0.2) is 0 Å². The van der Waals surface area contributed by atoms with E-state index in [1.165, 1.54) is 6.42 Å². The minimum Gasteiger partial charge on any atom is -0.507 e. The van der Waals surface area contributed by atoms with Crippen LogP contribution in [0.15, 0.2) is 12.1 Å². The van der Waals surface area contributed by atoms with E-state index in [4.69, 9.17) is 4.74 Å². The third kappa shape index (κ3) is 3.65. The first-order valence-electron chi connectivity index (χ1n) is 11.3. The molecule has 2 amide bonds. The molecule has 0 radical (unpaired) electrons. The van der Waals surface area contributed by atoms with Crippen molar-refractivity contribution in [1.29, 1.82) is 0 Å². The lowest BCUT2D eigenvalue weighted by Crippen LogP contribution is -2.46. The van der Waals surface area contributed by atoms with Crippen LogP contribution in [-0.4, -0.2) is 58.5 Å². The van der Waals surface area contributed by atoms with Crippen LogP contribution < -0.4 is 4.74 Å². The summed E-state index contributed by atoms with van der Waals surface area (Å²) >= 11 is 0. The van der Waals surface area contributed by atoms with E-state index < -0.39 is 0 Å². The molecule has 3 atom stereocenters. The zero-order chi connectivity index (χ0) is 21.6. The lowest BCUT2D eigenvalue weighted by Gasteiger charge is -2.49. The summed E-state index contributed by atoms with van der Waals surface area (Å²) in [6.07, 6.45) is 4.00. The molecule has 1 saturated carbocycles. The second kappa shape index (κ2) is 7.78. The minimum atomic E-state index is -0.281. The second-order valence-electron chi connectivity index (χ2n) is 9.86. The van der Waals surface area contributed by atoms with E-state index in [2.05, 4.69) is 20.8 Å². The van der Waals surface area contributed by atoms with Crippen LogP contribution in [0, 0.1) is 11.8 Å². The first kappa shape index (κ1) is 21.0. The predicted molar refractivity (Wildman–Crippen MR) is 115 cm³/mol. The van der Waals surface area contributed by atoms with Crippen molar-refractivity contribution in [2.75, 3.05) is 26.2 Å². The summed E-state index contributed by atoms with van der Waals surface area (Å²) in [7, 11) is 0. The van der Waals surface area contributed by atoms with Gasteiger partial charge >= 0.3 is 0 Å². The molecule has 2 fully saturated rings. The average molecular weight is 415 g/mol. The number of phenols is 1. The van der Waals surface area contributed by atoms with Crippen LogP contribution in [0.1, 0.15) is 75.2 Å². The highest BCUT2D eigenvalue weighted by Crippen LogP contribution is 2.55. The third-order valence-corrected chi connectivity index (χ3v) is 7.39. The fourth-order valence-corrected chi connectivity index (χ4v) is 5.71. The maximum atomic E-state index is 13.3.